The van der Waals surface area contributed by atoms with Gasteiger partial charge in [0.2, 0.25) is 0 Å². The van der Waals surface area contributed by atoms with Crippen LogP contribution in [0.5, 0.6) is 0 Å². The molecule has 14 heavy (non-hydrogen) atoms. The van der Waals surface area contributed by atoms with Crippen molar-refractivity contribution >= 4 is 12.8 Å². The Morgan fingerprint density at radius 2 is 1.71 bits per heavy atom. The van der Waals surface area contributed by atoms with Crippen LogP contribution >= 0.6 is 12.8 Å². The molecule has 3 nitrogen and oxygen atoms in total. The molecule has 0 amide bonds. The molecule has 2 fully saturated rings. The van der Waals surface area contributed by atoms with E-state index < -0.39 is 0 Å². The van der Waals surface area contributed by atoms with Crippen LogP contribution < -0.4 is 5.32 Å². The predicted molar refractivity (Wildman–Crippen MR) is 62.6 cm³/mol. The lowest BCUT2D eigenvalue weighted by atomic mass is 9.97. The van der Waals surface area contributed by atoms with E-state index in [1.165, 1.54) is 58.7 Å². The highest BCUT2D eigenvalue weighted by atomic mass is 32.1. The first kappa shape index (κ1) is 10.7. The number of hydrogen-bond acceptors (Lipinski definition) is 4. The molecule has 2 aliphatic heterocycles. The summed E-state index contributed by atoms with van der Waals surface area (Å²) in [6.45, 7) is 8.46. The molecule has 0 saturated carbocycles. The third-order valence-corrected chi connectivity index (χ3v) is 3.72. The van der Waals surface area contributed by atoms with Crippen LogP contribution in [0.15, 0.2) is 0 Å². The first-order valence-electron chi connectivity index (χ1n) is 5.71. The normalized spacial score (nSPS) is 28.1. The summed E-state index contributed by atoms with van der Waals surface area (Å²) < 4.78 is 2.15. The summed E-state index contributed by atoms with van der Waals surface area (Å²) in [6.07, 6.45) is 2.65. The molecular weight excluding hydrogens is 194 g/mol. The summed E-state index contributed by atoms with van der Waals surface area (Å²) in [7, 11) is 0. The second-order valence-electron chi connectivity index (χ2n) is 4.45. The molecular formula is C10H21N3S. The Morgan fingerprint density at radius 3 is 2.36 bits per heavy atom. The first-order valence-corrected chi connectivity index (χ1v) is 6.11. The molecule has 0 aromatic carbocycles. The van der Waals surface area contributed by atoms with Crippen molar-refractivity contribution in [1.82, 2.24) is 14.5 Å². The van der Waals surface area contributed by atoms with Gasteiger partial charge in [0.15, 0.2) is 0 Å². The van der Waals surface area contributed by atoms with Crippen molar-refractivity contribution in [3.63, 3.8) is 0 Å². The van der Waals surface area contributed by atoms with Crippen LogP contribution in [0.2, 0.25) is 0 Å². The van der Waals surface area contributed by atoms with Gasteiger partial charge in [-0.2, -0.15) is 0 Å². The maximum Gasteiger partial charge on any atom is 0.0107 e. The number of nitrogens with one attached hydrogen (secondary N) is 1. The van der Waals surface area contributed by atoms with E-state index in [1.807, 2.05) is 0 Å². The van der Waals surface area contributed by atoms with Crippen LogP contribution in [0.4, 0.5) is 0 Å². The van der Waals surface area contributed by atoms with Crippen LogP contribution in [0.1, 0.15) is 12.8 Å². The van der Waals surface area contributed by atoms with Gasteiger partial charge in [0, 0.05) is 45.8 Å². The molecule has 2 heterocycles. The van der Waals surface area contributed by atoms with E-state index in [2.05, 4.69) is 27.3 Å². The fourth-order valence-electron chi connectivity index (χ4n) is 2.36. The van der Waals surface area contributed by atoms with E-state index in [0.717, 1.165) is 5.92 Å². The lowest BCUT2D eigenvalue weighted by molar-refractivity contribution is 0.172. The molecule has 0 aromatic rings. The van der Waals surface area contributed by atoms with Gasteiger partial charge in [-0.15, -0.1) is 0 Å². The SMILES string of the molecule is SN1CCC(CN2CCNCC2)CC1. The molecule has 2 aliphatic rings. The van der Waals surface area contributed by atoms with Crippen molar-refractivity contribution in [1.29, 1.82) is 0 Å². The molecule has 4 heteroatoms. The lowest BCUT2D eigenvalue weighted by Gasteiger charge is -2.34. The largest absolute Gasteiger partial charge is 0.314 e. The molecule has 2 rings (SSSR count). The highest BCUT2D eigenvalue weighted by molar-refractivity contribution is 7.77. The highest BCUT2D eigenvalue weighted by Gasteiger charge is 2.20. The molecule has 0 radical (unpaired) electrons. The Bertz CT molecular complexity index is 163. The lowest BCUT2D eigenvalue weighted by Crippen LogP contribution is -2.46. The summed E-state index contributed by atoms with van der Waals surface area (Å²) in [5.41, 5.74) is 0. The summed E-state index contributed by atoms with van der Waals surface area (Å²) in [4.78, 5) is 2.61. The summed E-state index contributed by atoms with van der Waals surface area (Å²) in [6, 6.07) is 0. The van der Waals surface area contributed by atoms with Gasteiger partial charge in [-0.05, 0) is 18.8 Å². The molecule has 0 aliphatic carbocycles. The van der Waals surface area contributed by atoms with Crippen molar-refractivity contribution in [3.05, 3.63) is 0 Å². The minimum absolute atomic E-state index is 0.913. The van der Waals surface area contributed by atoms with Crippen LogP contribution in [-0.2, 0) is 0 Å². The Morgan fingerprint density at radius 1 is 1.07 bits per heavy atom. The van der Waals surface area contributed by atoms with Crippen molar-refractivity contribution in [2.24, 2.45) is 5.92 Å². The van der Waals surface area contributed by atoms with Gasteiger partial charge in [-0.25, -0.2) is 0 Å². The molecule has 1 N–H and O–H groups in total. The molecule has 0 bridgehead atoms. The van der Waals surface area contributed by atoms with Crippen LogP contribution in [0.25, 0.3) is 0 Å². The van der Waals surface area contributed by atoms with Gasteiger partial charge >= 0.3 is 0 Å². The molecule has 0 atom stereocenters. The van der Waals surface area contributed by atoms with E-state index in [4.69, 9.17) is 0 Å². The minimum atomic E-state index is 0.913. The molecule has 82 valence electrons. The fraction of sp³-hybridized carbons (Fsp3) is 1.00. The second kappa shape index (κ2) is 5.35. The van der Waals surface area contributed by atoms with Gasteiger partial charge in [-0.3, -0.25) is 4.31 Å². The maximum absolute atomic E-state index is 4.38. The van der Waals surface area contributed by atoms with Gasteiger partial charge < -0.3 is 10.2 Å². The van der Waals surface area contributed by atoms with Crippen molar-refractivity contribution < 1.29 is 0 Å². The molecule has 2 saturated heterocycles. The zero-order valence-electron chi connectivity index (χ0n) is 8.78. The number of hydrogen-bond donors (Lipinski definition) is 2. The average molecular weight is 215 g/mol. The predicted octanol–water partition coefficient (Wildman–Crippen LogP) is 0.448. The van der Waals surface area contributed by atoms with E-state index >= 15 is 0 Å². The van der Waals surface area contributed by atoms with Gasteiger partial charge in [-0.1, -0.05) is 12.8 Å². The average Bonchev–Trinajstić information content (AvgIpc) is 2.23. The van der Waals surface area contributed by atoms with E-state index in [0.29, 0.717) is 0 Å². The third kappa shape index (κ3) is 3.12. The number of rotatable bonds is 2. The van der Waals surface area contributed by atoms with E-state index in [9.17, 15) is 0 Å². The van der Waals surface area contributed by atoms with Crippen molar-refractivity contribution in [3.8, 4) is 0 Å². The number of piperazine rings is 1. The monoisotopic (exact) mass is 215 g/mol. The molecule has 0 unspecified atom stereocenters. The summed E-state index contributed by atoms with van der Waals surface area (Å²) >= 11 is 4.38. The first-order chi connectivity index (χ1) is 6.84. The quantitative estimate of drug-likeness (QED) is 0.652. The van der Waals surface area contributed by atoms with Crippen molar-refractivity contribution in [2.45, 2.75) is 12.8 Å². The maximum atomic E-state index is 4.38. The van der Waals surface area contributed by atoms with E-state index in [1.54, 1.807) is 0 Å². The fourth-order valence-corrected chi connectivity index (χ4v) is 2.59. The molecule has 0 spiro atoms. The third-order valence-electron chi connectivity index (χ3n) is 3.32. The van der Waals surface area contributed by atoms with Gasteiger partial charge in [0.25, 0.3) is 0 Å². The summed E-state index contributed by atoms with van der Waals surface area (Å²) in [5, 5.41) is 3.40. The Hall–Kier alpha value is 0.230. The highest BCUT2D eigenvalue weighted by Crippen LogP contribution is 2.19. The Balaban J connectivity index is 1.68. The Labute approximate surface area is 92.4 Å². The smallest absolute Gasteiger partial charge is 0.0107 e. The van der Waals surface area contributed by atoms with Crippen molar-refractivity contribution in [2.75, 3.05) is 45.8 Å². The van der Waals surface area contributed by atoms with Gasteiger partial charge in [0.05, 0.1) is 0 Å². The van der Waals surface area contributed by atoms with E-state index in [-0.39, 0.29) is 0 Å². The summed E-state index contributed by atoms with van der Waals surface area (Å²) in [5.74, 6) is 0.913. The zero-order chi connectivity index (χ0) is 9.80. The Kier molecular flexibility index (Phi) is 4.10. The molecule has 0 aromatic heterocycles. The number of thiol groups is 1. The minimum Gasteiger partial charge on any atom is -0.314 e. The van der Waals surface area contributed by atoms with Crippen LogP contribution in [-0.4, -0.2) is 55.0 Å². The van der Waals surface area contributed by atoms with Gasteiger partial charge in [0.1, 0.15) is 0 Å². The number of nitrogens with zero attached hydrogens (tertiary/aromatic N) is 2. The second-order valence-corrected chi connectivity index (χ2v) is 5.01. The topological polar surface area (TPSA) is 18.5 Å². The number of piperidine rings is 1. The zero-order valence-corrected chi connectivity index (χ0v) is 9.68. The van der Waals surface area contributed by atoms with Crippen LogP contribution in [0.3, 0.4) is 0 Å². The van der Waals surface area contributed by atoms with Crippen LogP contribution in [0, 0.1) is 5.92 Å². The standard InChI is InChI=1S/C10H21N3S/c14-13-5-1-10(2-6-13)9-12-7-3-11-4-8-12/h10-11,14H,1-9H2.